The number of imidazole rings is 1. The average molecular weight is 162 g/mol. The van der Waals surface area contributed by atoms with Crippen molar-refractivity contribution in [3.05, 3.63) is 11.5 Å². The van der Waals surface area contributed by atoms with Crippen LogP contribution >= 0.6 is 11.6 Å². The Morgan fingerprint density at radius 3 is 2.90 bits per heavy atom. The minimum atomic E-state index is 0.0386. The van der Waals surface area contributed by atoms with Crippen molar-refractivity contribution in [2.45, 2.75) is 6.54 Å². The Morgan fingerprint density at radius 1 is 1.80 bits per heavy atom. The van der Waals surface area contributed by atoms with E-state index in [1.807, 2.05) is 0 Å². The first kappa shape index (κ1) is 7.37. The Kier molecular flexibility index (Phi) is 2.13. The molecule has 0 unspecified atom stereocenters. The molecule has 0 aromatic carbocycles. The lowest BCUT2D eigenvalue weighted by Crippen LogP contribution is -2.04. The number of aliphatic hydroxyl groups excluding tert-OH is 1. The number of halogens is 1. The van der Waals surface area contributed by atoms with E-state index < -0.39 is 0 Å². The second-order valence-electron chi connectivity index (χ2n) is 1.84. The minimum Gasteiger partial charge on any atom is -0.395 e. The van der Waals surface area contributed by atoms with Gasteiger partial charge in [0.25, 0.3) is 0 Å². The maximum Gasteiger partial charge on any atom is 0.171 e. The van der Waals surface area contributed by atoms with Gasteiger partial charge in [-0.25, -0.2) is 4.98 Å². The van der Waals surface area contributed by atoms with Gasteiger partial charge >= 0.3 is 0 Å². The predicted molar refractivity (Wildman–Crippen MR) is 38.7 cm³/mol. The van der Waals surface area contributed by atoms with Gasteiger partial charge in [0, 0.05) is 6.54 Å². The lowest BCUT2D eigenvalue weighted by atomic mass is 10.6. The lowest BCUT2D eigenvalue weighted by Gasteiger charge is -1.99. The fraction of sp³-hybridized carbons (Fsp3) is 0.400. The van der Waals surface area contributed by atoms with Gasteiger partial charge < -0.3 is 15.4 Å². The number of aromatic nitrogens is 2. The molecule has 0 radical (unpaired) electrons. The zero-order chi connectivity index (χ0) is 7.56. The molecule has 5 heteroatoms. The molecule has 10 heavy (non-hydrogen) atoms. The third kappa shape index (κ3) is 1.22. The molecule has 0 saturated heterocycles. The van der Waals surface area contributed by atoms with Crippen molar-refractivity contribution in [2.24, 2.45) is 0 Å². The van der Waals surface area contributed by atoms with E-state index in [1.165, 1.54) is 6.33 Å². The SMILES string of the molecule is Nc1c(Cl)ncn1CCO. The number of hydrogen-bond acceptors (Lipinski definition) is 3. The predicted octanol–water partition coefficient (Wildman–Crippen LogP) is 0.111. The standard InChI is InChI=1S/C5H8ClN3O/c6-4-5(7)9(1-2-10)3-8-4/h3,10H,1-2,7H2. The molecule has 0 fully saturated rings. The van der Waals surface area contributed by atoms with Crippen LogP contribution in [-0.2, 0) is 6.54 Å². The molecule has 0 aliphatic carbocycles. The van der Waals surface area contributed by atoms with Gasteiger partial charge in [0.2, 0.25) is 0 Å². The van der Waals surface area contributed by atoms with Crippen LogP contribution in [0.4, 0.5) is 5.82 Å². The fourth-order valence-corrected chi connectivity index (χ4v) is 0.805. The largest absolute Gasteiger partial charge is 0.395 e. The summed E-state index contributed by atoms with van der Waals surface area (Å²) in [5, 5.41) is 8.79. The third-order valence-corrected chi connectivity index (χ3v) is 1.46. The molecule has 0 aliphatic rings. The molecule has 1 rings (SSSR count). The second kappa shape index (κ2) is 2.90. The number of anilines is 1. The smallest absolute Gasteiger partial charge is 0.171 e. The summed E-state index contributed by atoms with van der Waals surface area (Å²) in [6.07, 6.45) is 1.49. The summed E-state index contributed by atoms with van der Waals surface area (Å²) in [7, 11) is 0. The van der Waals surface area contributed by atoms with Crippen LogP contribution in [0.25, 0.3) is 0 Å². The first-order valence-electron chi connectivity index (χ1n) is 2.82. The van der Waals surface area contributed by atoms with Crippen molar-refractivity contribution in [3.8, 4) is 0 Å². The molecule has 0 aliphatic heterocycles. The Hall–Kier alpha value is -0.740. The zero-order valence-corrected chi connectivity index (χ0v) is 6.04. The maximum absolute atomic E-state index is 8.51. The van der Waals surface area contributed by atoms with Crippen LogP contribution in [-0.4, -0.2) is 21.3 Å². The van der Waals surface area contributed by atoms with Crippen molar-refractivity contribution in [1.82, 2.24) is 9.55 Å². The van der Waals surface area contributed by atoms with E-state index in [4.69, 9.17) is 22.4 Å². The molecule has 1 heterocycles. The molecule has 3 N–H and O–H groups in total. The van der Waals surface area contributed by atoms with Gasteiger partial charge in [-0.1, -0.05) is 11.6 Å². The summed E-state index contributed by atoms with van der Waals surface area (Å²) in [5.41, 5.74) is 5.45. The quantitative estimate of drug-likeness (QED) is 0.647. The van der Waals surface area contributed by atoms with Gasteiger partial charge in [-0.05, 0) is 0 Å². The van der Waals surface area contributed by atoms with Crippen molar-refractivity contribution in [3.63, 3.8) is 0 Å². The van der Waals surface area contributed by atoms with Crippen molar-refractivity contribution in [2.75, 3.05) is 12.3 Å². The Balaban J connectivity index is 2.83. The van der Waals surface area contributed by atoms with Crippen LogP contribution in [0, 0.1) is 0 Å². The number of aliphatic hydroxyl groups is 1. The minimum absolute atomic E-state index is 0.0386. The number of nitrogens with zero attached hydrogens (tertiary/aromatic N) is 2. The maximum atomic E-state index is 8.51. The van der Waals surface area contributed by atoms with E-state index in [-0.39, 0.29) is 11.8 Å². The third-order valence-electron chi connectivity index (χ3n) is 1.17. The van der Waals surface area contributed by atoms with E-state index in [1.54, 1.807) is 4.57 Å². The van der Waals surface area contributed by atoms with Crippen molar-refractivity contribution < 1.29 is 5.11 Å². The van der Waals surface area contributed by atoms with E-state index in [9.17, 15) is 0 Å². The summed E-state index contributed by atoms with van der Waals surface area (Å²) < 4.78 is 1.59. The Labute approximate surface area is 63.2 Å². The highest BCUT2D eigenvalue weighted by atomic mass is 35.5. The van der Waals surface area contributed by atoms with E-state index in [0.29, 0.717) is 12.4 Å². The Morgan fingerprint density at radius 2 is 2.50 bits per heavy atom. The summed E-state index contributed by atoms with van der Waals surface area (Å²) >= 11 is 5.53. The van der Waals surface area contributed by atoms with Gasteiger partial charge in [0.15, 0.2) is 5.15 Å². The molecule has 0 atom stereocenters. The lowest BCUT2D eigenvalue weighted by molar-refractivity contribution is 0.277. The normalized spacial score (nSPS) is 10.2. The zero-order valence-electron chi connectivity index (χ0n) is 5.29. The topological polar surface area (TPSA) is 64.1 Å². The molecule has 56 valence electrons. The molecule has 1 aromatic heterocycles. The van der Waals surface area contributed by atoms with Gasteiger partial charge in [-0.2, -0.15) is 0 Å². The van der Waals surface area contributed by atoms with Crippen LogP contribution in [0.5, 0.6) is 0 Å². The second-order valence-corrected chi connectivity index (χ2v) is 2.20. The van der Waals surface area contributed by atoms with Crippen molar-refractivity contribution in [1.29, 1.82) is 0 Å². The molecule has 0 spiro atoms. The van der Waals surface area contributed by atoms with E-state index in [0.717, 1.165) is 0 Å². The molecule has 0 bridgehead atoms. The molecular weight excluding hydrogens is 154 g/mol. The molecule has 4 nitrogen and oxygen atoms in total. The van der Waals surface area contributed by atoms with Crippen LogP contribution in [0.15, 0.2) is 6.33 Å². The first-order valence-corrected chi connectivity index (χ1v) is 3.20. The highest BCUT2D eigenvalue weighted by Crippen LogP contribution is 2.14. The highest BCUT2D eigenvalue weighted by Gasteiger charge is 2.02. The fourth-order valence-electron chi connectivity index (χ4n) is 0.653. The molecular formula is C5H8ClN3O. The van der Waals surface area contributed by atoms with Crippen LogP contribution in [0.2, 0.25) is 5.15 Å². The highest BCUT2D eigenvalue weighted by molar-refractivity contribution is 6.31. The number of hydrogen-bond donors (Lipinski definition) is 2. The monoisotopic (exact) mass is 161 g/mol. The van der Waals surface area contributed by atoms with Gasteiger partial charge in [0.05, 0.1) is 12.9 Å². The number of rotatable bonds is 2. The average Bonchev–Trinajstić information content (AvgIpc) is 2.20. The summed E-state index contributed by atoms with van der Waals surface area (Å²) in [5.74, 6) is 0.399. The van der Waals surface area contributed by atoms with Crippen LogP contribution < -0.4 is 5.73 Å². The van der Waals surface area contributed by atoms with Crippen molar-refractivity contribution >= 4 is 17.4 Å². The summed E-state index contributed by atoms with van der Waals surface area (Å²) in [6.45, 7) is 0.475. The van der Waals surface area contributed by atoms with E-state index >= 15 is 0 Å². The molecule has 1 aromatic rings. The molecule has 0 saturated carbocycles. The summed E-state index contributed by atoms with van der Waals surface area (Å²) in [6, 6.07) is 0. The van der Waals surface area contributed by atoms with Gasteiger partial charge in [-0.15, -0.1) is 0 Å². The number of nitrogen functional groups attached to an aromatic ring is 1. The molecule has 0 amide bonds. The van der Waals surface area contributed by atoms with Gasteiger partial charge in [0.1, 0.15) is 5.82 Å². The Bertz CT molecular complexity index is 223. The van der Waals surface area contributed by atoms with Gasteiger partial charge in [-0.3, -0.25) is 0 Å². The first-order chi connectivity index (χ1) is 4.75. The summed E-state index contributed by atoms with van der Waals surface area (Å²) in [4.78, 5) is 3.73. The van der Waals surface area contributed by atoms with E-state index in [2.05, 4.69) is 4.98 Å². The van der Waals surface area contributed by atoms with Crippen LogP contribution in [0.1, 0.15) is 0 Å². The number of nitrogens with two attached hydrogens (primary N) is 1. The van der Waals surface area contributed by atoms with Crippen LogP contribution in [0.3, 0.4) is 0 Å².